The lowest BCUT2D eigenvalue weighted by Gasteiger charge is -2.29. The first-order valence-corrected chi connectivity index (χ1v) is 8.20. The number of rotatable bonds is 6. The molecular formula is C19H24N2O3. The van der Waals surface area contributed by atoms with Crippen LogP contribution < -0.4 is 15.5 Å². The Morgan fingerprint density at radius 3 is 2.62 bits per heavy atom. The predicted octanol–water partition coefficient (Wildman–Crippen LogP) is 2.79. The summed E-state index contributed by atoms with van der Waals surface area (Å²) in [5.41, 5.74) is 5.31. The lowest BCUT2D eigenvalue weighted by Crippen LogP contribution is -2.32. The molecule has 1 heterocycles. The van der Waals surface area contributed by atoms with Crippen LogP contribution in [0.3, 0.4) is 0 Å². The lowest BCUT2D eigenvalue weighted by molar-refractivity contribution is -0.211. The highest BCUT2D eigenvalue weighted by atomic mass is 17.3. The zero-order chi connectivity index (χ0) is 16.9. The Labute approximate surface area is 142 Å². The predicted molar refractivity (Wildman–Crippen MR) is 92.8 cm³/mol. The topological polar surface area (TPSA) is 57.0 Å². The Morgan fingerprint density at radius 1 is 1.12 bits per heavy atom. The molecule has 0 fully saturated rings. The van der Waals surface area contributed by atoms with Gasteiger partial charge in [0.1, 0.15) is 5.75 Å². The van der Waals surface area contributed by atoms with Gasteiger partial charge in [-0.2, -0.15) is 5.90 Å². The van der Waals surface area contributed by atoms with Crippen LogP contribution in [0.4, 0.5) is 0 Å². The molecule has 2 aromatic carbocycles. The summed E-state index contributed by atoms with van der Waals surface area (Å²) in [5.74, 6) is 6.49. The third-order valence-corrected chi connectivity index (χ3v) is 4.59. The molecular weight excluding hydrogens is 304 g/mol. The van der Waals surface area contributed by atoms with Crippen LogP contribution in [0.2, 0.25) is 0 Å². The van der Waals surface area contributed by atoms with Crippen molar-refractivity contribution in [3.63, 3.8) is 0 Å². The number of hydrogen-bond donors (Lipinski definition) is 1. The van der Waals surface area contributed by atoms with Crippen LogP contribution in [-0.2, 0) is 24.4 Å². The van der Waals surface area contributed by atoms with Crippen molar-refractivity contribution in [2.24, 2.45) is 5.90 Å². The zero-order valence-electron chi connectivity index (χ0n) is 14.2. The first kappa shape index (κ1) is 16.8. The van der Waals surface area contributed by atoms with Crippen molar-refractivity contribution >= 4 is 0 Å². The van der Waals surface area contributed by atoms with E-state index in [0.29, 0.717) is 5.75 Å². The molecule has 1 aliphatic heterocycles. The lowest BCUT2D eigenvalue weighted by atomic mass is 9.96. The van der Waals surface area contributed by atoms with E-state index in [9.17, 15) is 0 Å². The van der Waals surface area contributed by atoms with Crippen molar-refractivity contribution in [2.75, 3.05) is 20.2 Å². The Bertz CT molecular complexity index is 686. The summed E-state index contributed by atoms with van der Waals surface area (Å²) in [4.78, 5) is 11.4. The van der Waals surface area contributed by atoms with Crippen LogP contribution in [0.5, 0.6) is 11.5 Å². The Morgan fingerprint density at radius 2 is 1.92 bits per heavy atom. The molecule has 2 aromatic rings. The number of benzene rings is 2. The van der Waals surface area contributed by atoms with Crippen molar-refractivity contribution in [3.8, 4) is 11.5 Å². The van der Waals surface area contributed by atoms with Crippen molar-refractivity contribution in [3.05, 3.63) is 58.7 Å². The maximum atomic E-state index is 5.43. The first-order chi connectivity index (χ1) is 11.7. The highest BCUT2D eigenvalue weighted by Crippen LogP contribution is 2.27. The van der Waals surface area contributed by atoms with Crippen LogP contribution in [-0.4, -0.2) is 25.1 Å². The molecule has 0 atom stereocenters. The van der Waals surface area contributed by atoms with Gasteiger partial charge in [-0.05, 0) is 60.2 Å². The van der Waals surface area contributed by atoms with Gasteiger partial charge in [0.25, 0.3) is 0 Å². The number of nitrogens with two attached hydrogens (primary N) is 1. The molecule has 3 rings (SSSR count). The van der Waals surface area contributed by atoms with Crippen molar-refractivity contribution in [1.29, 1.82) is 0 Å². The molecule has 0 amide bonds. The van der Waals surface area contributed by atoms with Gasteiger partial charge in [0.15, 0.2) is 5.75 Å². The number of methoxy groups -OCH3 is 1. The fraction of sp³-hybridized carbons (Fsp3) is 0.368. The number of hydrogen-bond acceptors (Lipinski definition) is 5. The summed E-state index contributed by atoms with van der Waals surface area (Å²) in [7, 11) is 1.74. The summed E-state index contributed by atoms with van der Waals surface area (Å²) in [6.45, 7) is 5.23. The standard InChI is InChI=1S/C19H24N2O3/c1-14-11-17-13-21(10-8-16(17)12-19(14)22-2)9-7-15-3-5-18(6-4-15)23-24-20/h3-6,11-12H,7-10,13,20H2,1-2H3. The summed E-state index contributed by atoms with van der Waals surface area (Å²) in [6.07, 6.45) is 2.08. The van der Waals surface area contributed by atoms with E-state index >= 15 is 0 Å². The maximum absolute atomic E-state index is 5.43. The quantitative estimate of drug-likeness (QED) is 0.653. The van der Waals surface area contributed by atoms with Gasteiger partial charge in [-0.25, -0.2) is 0 Å². The monoisotopic (exact) mass is 328 g/mol. The fourth-order valence-corrected chi connectivity index (χ4v) is 3.23. The SMILES string of the molecule is COc1cc2c(cc1C)CN(CCc1ccc(OON)cc1)CC2. The average molecular weight is 328 g/mol. The second-order valence-electron chi connectivity index (χ2n) is 6.19. The van der Waals surface area contributed by atoms with Crippen molar-refractivity contribution in [1.82, 2.24) is 4.90 Å². The molecule has 0 saturated carbocycles. The molecule has 0 unspecified atom stereocenters. The number of aryl methyl sites for hydroxylation is 1. The van der Waals surface area contributed by atoms with E-state index < -0.39 is 0 Å². The molecule has 0 saturated heterocycles. The van der Waals surface area contributed by atoms with Crippen LogP contribution in [0.15, 0.2) is 36.4 Å². The molecule has 0 spiro atoms. The van der Waals surface area contributed by atoms with E-state index in [2.05, 4.69) is 28.9 Å². The summed E-state index contributed by atoms with van der Waals surface area (Å²) in [6, 6.07) is 12.3. The van der Waals surface area contributed by atoms with E-state index in [1.165, 1.54) is 22.3 Å². The van der Waals surface area contributed by atoms with Crippen LogP contribution in [0.1, 0.15) is 22.3 Å². The number of fused-ring (bicyclic) bond motifs is 1. The van der Waals surface area contributed by atoms with Crippen LogP contribution >= 0.6 is 0 Å². The summed E-state index contributed by atoms with van der Waals surface area (Å²) < 4.78 is 5.43. The van der Waals surface area contributed by atoms with E-state index in [1.807, 2.05) is 24.3 Å². The van der Waals surface area contributed by atoms with E-state index in [-0.39, 0.29) is 0 Å². The third-order valence-electron chi connectivity index (χ3n) is 4.59. The average Bonchev–Trinajstić information content (AvgIpc) is 2.60. The summed E-state index contributed by atoms with van der Waals surface area (Å²) in [5, 5.41) is 0. The molecule has 1 aliphatic rings. The van der Waals surface area contributed by atoms with Crippen molar-refractivity contribution in [2.45, 2.75) is 26.3 Å². The van der Waals surface area contributed by atoms with Gasteiger partial charge in [0.05, 0.1) is 7.11 Å². The first-order valence-electron chi connectivity index (χ1n) is 8.20. The largest absolute Gasteiger partial charge is 0.496 e. The van der Waals surface area contributed by atoms with Crippen molar-refractivity contribution < 1.29 is 14.6 Å². The van der Waals surface area contributed by atoms with Gasteiger partial charge >= 0.3 is 0 Å². The minimum absolute atomic E-state index is 0.609. The van der Waals surface area contributed by atoms with Gasteiger partial charge < -0.3 is 9.62 Å². The minimum atomic E-state index is 0.609. The zero-order valence-corrected chi connectivity index (χ0v) is 14.2. The molecule has 5 nitrogen and oxygen atoms in total. The van der Waals surface area contributed by atoms with E-state index in [0.717, 1.165) is 38.2 Å². The normalized spacial score (nSPS) is 14.3. The molecule has 2 N–H and O–H groups in total. The second-order valence-corrected chi connectivity index (χ2v) is 6.19. The van der Waals surface area contributed by atoms with Gasteiger partial charge in [-0.15, -0.1) is 0 Å². The second kappa shape index (κ2) is 7.66. The Hall–Kier alpha value is -2.08. The van der Waals surface area contributed by atoms with E-state index in [4.69, 9.17) is 15.5 Å². The number of nitrogens with zero attached hydrogens (tertiary/aromatic N) is 1. The van der Waals surface area contributed by atoms with Crippen LogP contribution in [0, 0.1) is 6.92 Å². The highest BCUT2D eigenvalue weighted by Gasteiger charge is 2.17. The third kappa shape index (κ3) is 3.87. The van der Waals surface area contributed by atoms with E-state index in [1.54, 1.807) is 7.11 Å². The maximum Gasteiger partial charge on any atom is 0.167 e. The fourth-order valence-electron chi connectivity index (χ4n) is 3.23. The number of ether oxygens (including phenoxy) is 1. The Kier molecular flexibility index (Phi) is 5.35. The molecule has 128 valence electrons. The smallest absolute Gasteiger partial charge is 0.167 e. The molecule has 0 bridgehead atoms. The molecule has 0 aliphatic carbocycles. The Balaban J connectivity index is 1.59. The van der Waals surface area contributed by atoms with Gasteiger partial charge in [0.2, 0.25) is 0 Å². The van der Waals surface area contributed by atoms with Gasteiger partial charge in [-0.1, -0.05) is 23.2 Å². The minimum Gasteiger partial charge on any atom is -0.496 e. The van der Waals surface area contributed by atoms with Crippen LogP contribution in [0.25, 0.3) is 0 Å². The highest BCUT2D eigenvalue weighted by molar-refractivity contribution is 5.43. The molecule has 5 heteroatoms. The summed E-state index contributed by atoms with van der Waals surface area (Å²) >= 11 is 0. The molecule has 0 radical (unpaired) electrons. The molecule has 0 aromatic heterocycles. The van der Waals surface area contributed by atoms with Gasteiger partial charge in [0, 0.05) is 19.6 Å². The van der Waals surface area contributed by atoms with Gasteiger partial charge in [-0.3, -0.25) is 4.90 Å². The molecule has 24 heavy (non-hydrogen) atoms.